The summed E-state index contributed by atoms with van der Waals surface area (Å²) in [4.78, 5) is 29.5. The van der Waals surface area contributed by atoms with E-state index in [0.29, 0.717) is 18.5 Å². The molecule has 0 heterocycles. The first-order valence-electron chi connectivity index (χ1n) is 13.8. The van der Waals surface area contributed by atoms with Gasteiger partial charge in [-0.05, 0) is 55.0 Å². The number of nitrogens with zero attached hydrogens (tertiary/aromatic N) is 2. The number of amides is 2. The van der Waals surface area contributed by atoms with Crippen LogP contribution in [0, 0.1) is 6.92 Å². The van der Waals surface area contributed by atoms with Crippen LogP contribution in [0.25, 0.3) is 0 Å². The Hall–Kier alpha value is -3.65. The van der Waals surface area contributed by atoms with Gasteiger partial charge in [-0.3, -0.25) is 13.9 Å². The van der Waals surface area contributed by atoms with Crippen LogP contribution in [0.4, 0.5) is 5.69 Å². The third kappa shape index (κ3) is 8.18. The summed E-state index contributed by atoms with van der Waals surface area (Å²) in [5, 5.41) is 3.05. The van der Waals surface area contributed by atoms with Gasteiger partial charge in [-0.15, -0.1) is 0 Å². The van der Waals surface area contributed by atoms with Gasteiger partial charge in [-0.1, -0.05) is 86.6 Å². The zero-order valence-corrected chi connectivity index (χ0v) is 24.9. The van der Waals surface area contributed by atoms with E-state index in [1.165, 1.54) is 0 Å². The Morgan fingerprint density at radius 2 is 1.48 bits per heavy atom. The predicted octanol–water partition coefficient (Wildman–Crippen LogP) is 4.88. The average Bonchev–Trinajstić information content (AvgIpc) is 2.94. The van der Waals surface area contributed by atoms with Crippen molar-refractivity contribution in [1.29, 1.82) is 0 Å². The van der Waals surface area contributed by atoms with Crippen LogP contribution in [0.5, 0.6) is 0 Å². The summed E-state index contributed by atoms with van der Waals surface area (Å²) < 4.78 is 27.2. The maximum atomic E-state index is 14.2. The van der Waals surface area contributed by atoms with Crippen LogP contribution in [0.3, 0.4) is 0 Å². The van der Waals surface area contributed by atoms with Crippen molar-refractivity contribution < 1.29 is 18.0 Å². The van der Waals surface area contributed by atoms with Gasteiger partial charge in [-0.25, -0.2) is 8.42 Å². The van der Waals surface area contributed by atoms with Crippen molar-refractivity contribution in [3.8, 4) is 0 Å². The SMILES string of the molecule is CCc1ccccc1N(CC(=O)N(Cc1ccccc1C)[C@H](Cc1ccccc1)C(=O)N[C@@H](C)CC)S(C)(=O)=O. The van der Waals surface area contributed by atoms with Crippen molar-refractivity contribution in [2.75, 3.05) is 17.1 Å². The molecular formula is C32H41N3O4S. The molecule has 3 aromatic rings. The van der Waals surface area contributed by atoms with Crippen molar-refractivity contribution in [2.45, 2.75) is 65.6 Å². The molecule has 0 saturated carbocycles. The largest absolute Gasteiger partial charge is 0.352 e. The van der Waals surface area contributed by atoms with E-state index in [9.17, 15) is 18.0 Å². The van der Waals surface area contributed by atoms with E-state index in [4.69, 9.17) is 0 Å². The molecule has 7 nitrogen and oxygen atoms in total. The molecule has 0 bridgehead atoms. The van der Waals surface area contributed by atoms with Crippen LogP contribution >= 0.6 is 0 Å². The maximum Gasteiger partial charge on any atom is 0.244 e. The highest BCUT2D eigenvalue weighted by Gasteiger charge is 2.34. The zero-order valence-electron chi connectivity index (χ0n) is 24.1. The summed E-state index contributed by atoms with van der Waals surface area (Å²) in [5.74, 6) is -0.709. The quantitative estimate of drug-likeness (QED) is 0.321. The van der Waals surface area contributed by atoms with Crippen molar-refractivity contribution >= 4 is 27.5 Å². The molecule has 0 aliphatic heterocycles. The third-order valence-corrected chi connectivity index (χ3v) is 8.32. The average molecular weight is 564 g/mol. The summed E-state index contributed by atoms with van der Waals surface area (Å²) in [6.45, 7) is 7.58. The van der Waals surface area contributed by atoms with E-state index < -0.39 is 28.5 Å². The molecule has 3 aromatic carbocycles. The Bertz CT molecular complexity index is 1390. The zero-order chi connectivity index (χ0) is 29.3. The number of para-hydroxylation sites is 1. The Morgan fingerprint density at radius 1 is 0.875 bits per heavy atom. The van der Waals surface area contributed by atoms with Crippen molar-refractivity contribution in [3.05, 3.63) is 101 Å². The molecule has 0 spiro atoms. The van der Waals surface area contributed by atoms with Crippen molar-refractivity contribution in [3.63, 3.8) is 0 Å². The second kappa shape index (κ2) is 14.1. The van der Waals surface area contributed by atoms with Gasteiger partial charge in [0, 0.05) is 19.0 Å². The van der Waals surface area contributed by atoms with Gasteiger partial charge >= 0.3 is 0 Å². The molecule has 2 amide bonds. The molecule has 40 heavy (non-hydrogen) atoms. The van der Waals surface area contributed by atoms with Gasteiger partial charge in [0.05, 0.1) is 11.9 Å². The fourth-order valence-electron chi connectivity index (χ4n) is 4.61. The van der Waals surface area contributed by atoms with Crippen LogP contribution in [0.1, 0.15) is 49.4 Å². The standard InChI is InChI=1S/C32H41N3O4S/c1-6-25(4)33-32(37)30(21-26-16-9-8-10-17-26)34(22-28-19-12-11-15-24(28)3)31(36)23-35(40(5,38)39)29-20-14-13-18-27(29)7-2/h8-20,25,30H,6-7,21-23H2,1-5H3,(H,33,37)/t25-,30+/m0/s1. The van der Waals surface area contributed by atoms with Crippen molar-refractivity contribution in [1.82, 2.24) is 10.2 Å². The van der Waals surface area contributed by atoms with E-state index in [2.05, 4.69) is 5.32 Å². The van der Waals surface area contributed by atoms with Crippen LogP contribution in [0.15, 0.2) is 78.9 Å². The Balaban J connectivity index is 2.09. The van der Waals surface area contributed by atoms with Crippen LogP contribution in [-0.2, 0) is 39.0 Å². The maximum absolute atomic E-state index is 14.2. The number of nitrogens with one attached hydrogen (secondary N) is 1. The minimum Gasteiger partial charge on any atom is -0.352 e. The summed E-state index contributed by atoms with van der Waals surface area (Å²) in [6, 6.07) is 23.6. The minimum atomic E-state index is -3.80. The van der Waals surface area contributed by atoms with Crippen molar-refractivity contribution in [2.24, 2.45) is 0 Å². The lowest BCUT2D eigenvalue weighted by Crippen LogP contribution is -2.54. The molecule has 1 N–H and O–H groups in total. The second-order valence-corrected chi connectivity index (χ2v) is 12.1. The number of hydrogen-bond donors (Lipinski definition) is 1. The first-order chi connectivity index (χ1) is 19.0. The first kappa shape index (κ1) is 30.9. The number of benzene rings is 3. The number of hydrogen-bond acceptors (Lipinski definition) is 4. The molecule has 8 heteroatoms. The van der Waals surface area contributed by atoms with E-state index in [1.807, 2.05) is 94.4 Å². The number of carbonyl (C=O) groups is 2. The number of anilines is 1. The number of carbonyl (C=O) groups excluding carboxylic acids is 2. The van der Waals surface area contributed by atoms with Gasteiger partial charge in [0.15, 0.2) is 0 Å². The number of sulfonamides is 1. The van der Waals surface area contributed by atoms with Gasteiger partial charge in [0.25, 0.3) is 0 Å². The molecule has 2 atom stereocenters. The molecule has 0 unspecified atom stereocenters. The molecule has 0 fully saturated rings. The summed E-state index contributed by atoms with van der Waals surface area (Å²) in [6.07, 6.45) is 2.75. The third-order valence-electron chi connectivity index (χ3n) is 7.19. The topological polar surface area (TPSA) is 86.8 Å². The fraction of sp³-hybridized carbons (Fsp3) is 0.375. The van der Waals surface area contributed by atoms with E-state index in [-0.39, 0.29) is 18.5 Å². The monoisotopic (exact) mass is 563 g/mol. The smallest absolute Gasteiger partial charge is 0.244 e. The van der Waals surface area contributed by atoms with Crippen LogP contribution < -0.4 is 9.62 Å². The minimum absolute atomic E-state index is 0.0786. The molecular weight excluding hydrogens is 522 g/mol. The molecule has 3 rings (SSSR count). The Kier molecular flexibility index (Phi) is 10.9. The highest BCUT2D eigenvalue weighted by molar-refractivity contribution is 7.92. The summed E-state index contributed by atoms with van der Waals surface area (Å²) >= 11 is 0. The summed E-state index contributed by atoms with van der Waals surface area (Å²) in [5.41, 5.74) is 4.08. The molecule has 0 radical (unpaired) electrons. The lowest BCUT2D eigenvalue weighted by atomic mass is 10.0. The Morgan fingerprint density at radius 3 is 2.08 bits per heavy atom. The molecule has 0 aromatic heterocycles. The van der Waals surface area contributed by atoms with Gasteiger partial charge in [0.1, 0.15) is 12.6 Å². The lowest BCUT2D eigenvalue weighted by Gasteiger charge is -2.34. The fourth-order valence-corrected chi connectivity index (χ4v) is 5.49. The Labute approximate surface area is 239 Å². The summed E-state index contributed by atoms with van der Waals surface area (Å²) in [7, 11) is -3.80. The predicted molar refractivity (Wildman–Crippen MR) is 162 cm³/mol. The normalized spacial score (nSPS) is 12.8. The molecule has 0 aliphatic carbocycles. The highest BCUT2D eigenvalue weighted by Crippen LogP contribution is 2.25. The van der Waals surface area contributed by atoms with Gasteiger partial charge in [0.2, 0.25) is 21.8 Å². The first-order valence-corrected chi connectivity index (χ1v) is 15.6. The highest BCUT2D eigenvalue weighted by atomic mass is 32.2. The second-order valence-electron chi connectivity index (χ2n) is 10.2. The van der Waals surface area contributed by atoms with Crippen LogP contribution in [-0.4, -0.2) is 50.0 Å². The number of aryl methyl sites for hydroxylation is 2. The molecule has 0 saturated heterocycles. The van der Waals surface area contributed by atoms with E-state index in [1.54, 1.807) is 17.0 Å². The van der Waals surface area contributed by atoms with Crippen LogP contribution in [0.2, 0.25) is 0 Å². The van der Waals surface area contributed by atoms with Gasteiger partial charge in [-0.2, -0.15) is 0 Å². The number of rotatable bonds is 13. The lowest BCUT2D eigenvalue weighted by molar-refractivity contribution is -0.140. The molecule has 214 valence electrons. The van der Waals surface area contributed by atoms with Gasteiger partial charge < -0.3 is 10.2 Å². The molecule has 0 aliphatic rings. The van der Waals surface area contributed by atoms with E-state index in [0.717, 1.165) is 39.2 Å². The van der Waals surface area contributed by atoms with E-state index >= 15 is 0 Å².